The first kappa shape index (κ1) is 17.8. The third kappa shape index (κ3) is 3.08. The van der Waals surface area contributed by atoms with E-state index in [-0.39, 0.29) is 0 Å². The molecule has 0 saturated heterocycles. The first-order valence-electron chi connectivity index (χ1n) is 6.03. The summed E-state index contributed by atoms with van der Waals surface area (Å²) in [5.74, 6) is -13.5. The van der Waals surface area contributed by atoms with Gasteiger partial charge in [-0.3, -0.25) is 0 Å². The second kappa shape index (κ2) is 6.17. The standard InChI is InChI=1S/C14H6F8O2/c1-23-6-4-2-3-5(13(6)24-14(20,21)22)7-8(15)10(17)12(19)11(18)9(7)16/h2-4H,1H3. The Labute approximate surface area is 129 Å². The van der Waals surface area contributed by atoms with E-state index in [0.29, 0.717) is 6.07 Å². The highest BCUT2D eigenvalue weighted by molar-refractivity contribution is 5.75. The average molecular weight is 358 g/mol. The molecule has 0 spiro atoms. The van der Waals surface area contributed by atoms with E-state index in [1.807, 2.05) is 0 Å². The summed E-state index contributed by atoms with van der Waals surface area (Å²) in [6.45, 7) is 0. The number of hydrogen-bond donors (Lipinski definition) is 0. The molecule has 0 aliphatic carbocycles. The van der Waals surface area contributed by atoms with Gasteiger partial charge in [0.25, 0.3) is 0 Å². The van der Waals surface area contributed by atoms with Crippen LogP contribution in [0.4, 0.5) is 35.1 Å². The van der Waals surface area contributed by atoms with Crippen molar-refractivity contribution in [2.45, 2.75) is 6.36 Å². The van der Waals surface area contributed by atoms with Crippen molar-refractivity contribution in [3.05, 3.63) is 47.3 Å². The van der Waals surface area contributed by atoms with Gasteiger partial charge in [-0.2, -0.15) is 0 Å². The Morgan fingerprint density at radius 1 is 0.792 bits per heavy atom. The molecule has 0 aromatic heterocycles. The molecule has 0 fully saturated rings. The Kier molecular flexibility index (Phi) is 4.59. The van der Waals surface area contributed by atoms with Crippen LogP contribution in [0.1, 0.15) is 0 Å². The molecule has 2 aromatic carbocycles. The molecule has 0 heterocycles. The molecule has 0 saturated carbocycles. The van der Waals surface area contributed by atoms with Gasteiger partial charge < -0.3 is 9.47 Å². The van der Waals surface area contributed by atoms with Gasteiger partial charge in [0, 0.05) is 5.56 Å². The molecule has 2 nitrogen and oxygen atoms in total. The number of rotatable bonds is 3. The van der Waals surface area contributed by atoms with Gasteiger partial charge in [-0.25, -0.2) is 22.0 Å². The van der Waals surface area contributed by atoms with Crippen LogP contribution < -0.4 is 9.47 Å². The summed E-state index contributed by atoms with van der Waals surface area (Å²) in [5.41, 5.74) is -2.58. The van der Waals surface area contributed by atoms with Crippen LogP contribution in [-0.2, 0) is 0 Å². The molecule has 2 rings (SSSR count). The topological polar surface area (TPSA) is 18.5 Å². The average Bonchev–Trinajstić information content (AvgIpc) is 2.51. The van der Waals surface area contributed by atoms with Gasteiger partial charge in [0.05, 0.1) is 12.7 Å². The summed E-state index contributed by atoms with van der Waals surface area (Å²) < 4.78 is 113. The number of para-hydroxylation sites is 1. The van der Waals surface area contributed by atoms with Gasteiger partial charge in [-0.15, -0.1) is 13.2 Å². The van der Waals surface area contributed by atoms with Crippen molar-refractivity contribution < 1.29 is 44.6 Å². The lowest BCUT2D eigenvalue weighted by Gasteiger charge is -2.17. The fraction of sp³-hybridized carbons (Fsp3) is 0.143. The number of ether oxygens (including phenoxy) is 2. The molecular formula is C14H6F8O2. The van der Waals surface area contributed by atoms with E-state index >= 15 is 0 Å². The predicted molar refractivity (Wildman–Crippen MR) is 64.9 cm³/mol. The molecule has 2 aromatic rings. The van der Waals surface area contributed by atoms with E-state index in [9.17, 15) is 35.1 Å². The zero-order valence-corrected chi connectivity index (χ0v) is 11.6. The summed E-state index contributed by atoms with van der Waals surface area (Å²) in [6, 6.07) is 2.65. The minimum Gasteiger partial charge on any atom is -0.493 e. The third-order valence-corrected chi connectivity index (χ3v) is 2.90. The largest absolute Gasteiger partial charge is 0.573 e. The van der Waals surface area contributed by atoms with Crippen LogP contribution in [0.15, 0.2) is 18.2 Å². The van der Waals surface area contributed by atoms with E-state index in [0.717, 1.165) is 19.2 Å². The maximum Gasteiger partial charge on any atom is 0.573 e. The molecule has 0 atom stereocenters. The first-order valence-corrected chi connectivity index (χ1v) is 6.03. The van der Waals surface area contributed by atoms with Gasteiger partial charge in [0.1, 0.15) is 0 Å². The summed E-state index contributed by atoms with van der Waals surface area (Å²) in [7, 11) is 0.931. The van der Waals surface area contributed by atoms with E-state index in [4.69, 9.17) is 0 Å². The van der Waals surface area contributed by atoms with Gasteiger partial charge in [-0.1, -0.05) is 12.1 Å². The zero-order valence-electron chi connectivity index (χ0n) is 11.6. The van der Waals surface area contributed by atoms with Gasteiger partial charge in [0.15, 0.2) is 34.8 Å². The van der Waals surface area contributed by atoms with Gasteiger partial charge in [-0.05, 0) is 6.07 Å². The number of halogens is 8. The van der Waals surface area contributed by atoms with Crippen molar-refractivity contribution in [2.24, 2.45) is 0 Å². The summed E-state index contributed by atoms with van der Waals surface area (Å²) in [4.78, 5) is 0. The molecule has 0 aliphatic heterocycles. The number of methoxy groups -OCH3 is 1. The maximum absolute atomic E-state index is 13.8. The van der Waals surface area contributed by atoms with Crippen LogP contribution in [0.25, 0.3) is 11.1 Å². The Morgan fingerprint density at radius 3 is 1.75 bits per heavy atom. The molecule has 24 heavy (non-hydrogen) atoms. The lowest BCUT2D eigenvalue weighted by Crippen LogP contribution is -2.18. The normalized spacial score (nSPS) is 11.5. The van der Waals surface area contributed by atoms with Crippen LogP contribution >= 0.6 is 0 Å². The number of alkyl halides is 3. The summed E-state index contributed by atoms with van der Waals surface area (Å²) in [6.07, 6.45) is -5.30. The van der Waals surface area contributed by atoms with Crippen molar-refractivity contribution in [2.75, 3.05) is 7.11 Å². The maximum atomic E-state index is 13.8. The lowest BCUT2D eigenvalue weighted by atomic mass is 10.0. The summed E-state index contributed by atoms with van der Waals surface area (Å²) >= 11 is 0. The van der Waals surface area contributed by atoms with Crippen LogP contribution in [-0.4, -0.2) is 13.5 Å². The molecule has 0 amide bonds. The molecule has 0 N–H and O–H groups in total. The highest BCUT2D eigenvalue weighted by Crippen LogP contribution is 2.43. The quantitative estimate of drug-likeness (QED) is 0.439. The molecule has 0 unspecified atom stereocenters. The van der Waals surface area contributed by atoms with Crippen LogP contribution in [0, 0.1) is 29.1 Å². The second-order valence-electron chi connectivity index (χ2n) is 4.33. The molecule has 0 aliphatic rings. The molecule has 10 heteroatoms. The minimum atomic E-state index is -5.30. The smallest absolute Gasteiger partial charge is 0.493 e. The van der Waals surface area contributed by atoms with Crippen molar-refractivity contribution >= 4 is 0 Å². The highest BCUT2D eigenvalue weighted by Gasteiger charge is 2.36. The first-order chi connectivity index (χ1) is 11.1. The molecule has 0 radical (unpaired) electrons. The van der Waals surface area contributed by atoms with Gasteiger partial charge in [0.2, 0.25) is 5.82 Å². The van der Waals surface area contributed by atoms with Crippen LogP contribution in [0.2, 0.25) is 0 Å². The van der Waals surface area contributed by atoms with E-state index in [1.165, 1.54) is 0 Å². The lowest BCUT2D eigenvalue weighted by molar-refractivity contribution is -0.274. The van der Waals surface area contributed by atoms with Crippen molar-refractivity contribution in [1.82, 2.24) is 0 Å². The molecule has 130 valence electrons. The Balaban J connectivity index is 2.84. The highest BCUT2D eigenvalue weighted by atomic mass is 19.4. The van der Waals surface area contributed by atoms with Crippen LogP contribution in [0.5, 0.6) is 11.5 Å². The second-order valence-corrected chi connectivity index (χ2v) is 4.33. The zero-order chi connectivity index (χ0) is 18.2. The van der Waals surface area contributed by atoms with E-state index in [2.05, 4.69) is 9.47 Å². The van der Waals surface area contributed by atoms with Crippen molar-refractivity contribution in [3.8, 4) is 22.6 Å². The summed E-state index contributed by atoms with van der Waals surface area (Å²) in [5, 5.41) is 0. The number of benzene rings is 2. The monoisotopic (exact) mass is 358 g/mol. The number of hydrogen-bond acceptors (Lipinski definition) is 2. The third-order valence-electron chi connectivity index (χ3n) is 2.90. The van der Waals surface area contributed by atoms with E-state index in [1.54, 1.807) is 0 Å². The SMILES string of the molecule is COc1cccc(-c2c(F)c(F)c(F)c(F)c2F)c1OC(F)(F)F. The fourth-order valence-electron chi connectivity index (χ4n) is 1.94. The Bertz CT molecular complexity index is 756. The van der Waals surface area contributed by atoms with Crippen molar-refractivity contribution in [3.63, 3.8) is 0 Å². The Hall–Kier alpha value is -2.52. The van der Waals surface area contributed by atoms with Crippen LogP contribution in [0.3, 0.4) is 0 Å². The Morgan fingerprint density at radius 2 is 1.29 bits per heavy atom. The minimum absolute atomic E-state index is 0.617. The molecular weight excluding hydrogens is 352 g/mol. The van der Waals surface area contributed by atoms with Gasteiger partial charge >= 0.3 is 6.36 Å². The van der Waals surface area contributed by atoms with Crippen molar-refractivity contribution in [1.29, 1.82) is 0 Å². The predicted octanol–water partition coefficient (Wildman–Crippen LogP) is 4.96. The molecule has 0 bridgehead atoms. The van der Waals surface area contributed by atoms with E-state index < -0.39 is 58.1 Å². The fourth-order valence-corrected chi connectivity index (χ4v) is 1.94.